The van der Waals surface area contributed by atoms with Gasteiger partial charge in [0.05, 0.1) is 0 Å². The van der Waals surface area contributed by atoms with E-state index in [2.05, 4.69) is 4.98 Å². The predicted molar refractivity (Wildman–Crippen MR) is 82.8 cm³/mol. The van der Waals surface area contributed by atoms with E-state index in [0.29, 0.717) is 6.42 Å². The number of H-pyrrole nitrogens is 1. The van der Waals surface area contributed by atoms with E-state index >= 15 is 0 Å². The minimum absolute atomic E-state index is 0. The van der Waals surface area contributed by atoms with E-state index in [-0.39, 0.29) is 56.9 Å². The van der Waals surface area contributed by atoms with E-state index in [1.165, 1.54) is 0 Å². The van der Waals surface area contributed by atoms with Crippen LogP contribution in [0.4, 0.5) is 0 Å². The summed E-state index contributed by atoms with van der Waals surface area (Å²) in [6, 6.07) is 6.91. The third kappa shape index (κ3) is 7.52. The van der Waals surface area contributed by atoms with Crippen LogP contribution in [0.1, 0.15) is 5.56 Å². The van der Waals surface area contributed by atoms with E-state index in [4.69, 9.17) is 10.8 Å². The fourth-order valence-corrected chi connectivity index (χ4v) is 1.62. The normalized spacial score (nSPS) is 9.19. The van der Waals surface area contributed by atoms with Gasteiger partial charge in [0.1, 0.15) is 6.04 Å². The molecule has 2 rings (SSSR count). The first kappa shape index (κ1) is 32.1. The number of carboxylic acid groups (broad SMARTS) is 1. The van der Waals surface area contributed by atoms with Gasteiger partial charge in [-0.2, -0.15) is 0 Å². The average Bonchev–Trinajstić information content (AvgIpc) is 2.62. The fourth-order valence-electron chi connectivity index (χ4n) is 1.62. The molecule has 0 saturated carbocycles. The number of hydrogen-bond donors (Lipinski definition) is 3. The van der Waals surface area contributed by atoms with Gasteiger partial charge in [-0.3, -0.25) is 4.79 Å². The number of hydrogen-bond acceptors (Lipinski definition) is 2. The van der Waals surface area contributed by atoms with Crippen molar-refractivity contribution in [1.29, 1.82) is 0 Å². The Hall–Kier alpha value is -1.01. The predicted octanol–water partition coefficient (Wildman–Crippen LogP) is -3.65. The van der Waals surface area contributed by atoms with Crippen LogP contribution in [0.2, 0.25) is 0 Å². The van der Waals surface area contributed by atoms with Gasteiger partial charge in [-0.25, -0.2) is 0 Å². The van der Waals surface area contributed by atoms with Crippen molar-refractivity contribution in [2.45, 2.75) is 12.5 Å². The van der Waals surface area contributed by atoms with Crippen molar-refractivity contribution < 1.29 is 37.3 Å². The Labute approximate surface area is 143 Å². The second-order valence-electron chi connectivity index (χ2n) is 3.51. The van der Waals surface area contributed by atoms with E-state index < -0.39 is 12.0 Å². The molecular weight excluding hydrogens is 295 g/mol. The second kappa shape index (κ2) is 13.9. The zero-order chi connectivity index (χ0) is 10.8. The molecule has 0 bridgehead atoms. The maximum absolute atomic E-state index is 10.6. The average molecular weight is 318 g/mol. The Bertz CT molecular complexity index is 506. The number of benzene rings is 1. The van der Waals surface area contributed by atoms with Crippen molar-refractivity contribution in [3.05, 3.63) is 36.0 Å². The van der Waals surface area contributed by atoms with Crippen LogP contribution in [0.5, 0.6) is 0 Å². The van der Waals surface area contributed by atoms with Crippen LogP contribution < -0.4 is 5.73 Å². The van der Waals surface area contributed by atoms with Gasteiger partial charge in [-0.1, -0.05) is 18.2 Å². The summed E-state index contributed by atoms with van der Waals surface area (Å²) in [4.78, 5) is 13.7. The van der Waals surface area contributed by atoms with E-state index in [1.54, 1.807) is 0 Å². The summed E-state index contributed by atoms with van der Waals surface area (Å²) in [5, 5.41) is 9.75. The van der Waals surface area contributed by atoms with Gasteiger partial charge in [0, 0.05) is 23.5 Å². The number of aliphatic carboxylic acids is 1. The van der Waals surface area contributed by atoms with Crippen LogP contribution in [-0.4, -0.2) is 79.0 Å². The van der Waals surface area contributed by atoms with Gasteiger partial charge < -0.3 is 43.2 Å². The third-order valence-electron chi connectivity index (χ3n) is 2.43. The molecule has 0 radical (unpaired) electrons. The molecule has 0 aliphatic carbocycles. The molecule has 1 aromatic heterocycles. The number of fused-ring (bicyclic) bond motifs is 1. The van der Waals surface area contributed by atoms with E-state index in [0.717, 1.165) is 16.5 Å². The standard InChI is InChI=1S/C11H12N2O2.Na.5H2O.H/c12-9(11(14)15)5-7-6-13-10-4-2-1-3-8(7)10;;;;;;;/h1-4,6,9,13H,5,12H2,(H,14,15);;5*1H2;. The van der Waals surface area contributed by atoms with Gasteiger partial charge in [0.15, 0.2) is 0 Å². The molecule has 9 nitrogen and oxygen atoms in total. The Morgan fingerprint density at radius 3 is 2.19 bits per heavy atom. The molecule has 0 spiro atoms. The summed E-state index contributed by atoms with van der Waals surface area (Å²) in [6.07, 6.45) is 2.16. The number of nitrogens with two attached hydrogens (primary N) is 1. The summed E-state index contributed by atoms with van der Waals surface area (Å²) >= 11 is 0. The van der Waals surface area contributed by atoms with Gasteiger partial charge in [0.25, 0.3) is 0 Å². The molecule has 14 N–H and O–H groups in total. The summed E-state index contributed by atoms with van der Waals surface area (Å²) in [5.41, 5.74) is 7.43. The van der Waals surface area contributed by atoms with Crippen LogP contribution in [0.15, 0.2) is 30.5 Å². The van der Waals surface area contributed by atoms with Gasteiger partial charge >= 0.3 is 35.5 Å². The SMILES string of the molecule is NC(Cc1c[nH]c2ccccc12)C(=O)O.O.O.O.O.O.[NaH]. The van der Waals surface area contributed by atoms with Crippen molar-refractivity contribution in [2.75, 3.05) is 0 Å². The van der Waals surface area contributed by atoms with Crippen molar-refractivity contribution in [1.82, 2.24) is 4.98 Å². The summed E-state index contributed by atoms with van der Waals surface area (Å²) < 4.78 is 0. The molecule has 21 heavy (non-hydrogen) atoms. The number of aromatic amines is 1. The number of carbonyl (C=O) groups is 1. The Morgan fingerprint density at radius 1 is 1.14 bits per heavy atom. The molecule has 2 aromatic rings. The Morgan fingerprint density at radius 2 is 1.67 bits per heavy atom. The molecule has 1 aromatic carbocycles. The molecule has 1 heterocycles. The van der Waals surface area contributed by atoms with E-state index in [1.807, 2.05) is 30.5 Å². The molecule has 0 aliphatic rings. The second-order valence-corrected chi connectivity index (χ2v) is 3.51. The molecule has 0 fully saturated rings. The molecule has 0 amide bonds. The first-order valence-corrected chi connectivity index (χ1v) is 4.72. The number of nitrogens with one attached hydrogen (secondary N) is 1. The van der Waals surface area contributed by atoms with Crippen molar-refractivity contribution in [2.24, 2.45) is 5.73 Å². The quantitative estimate of drug-likeness (QED) is 0.485. The summed E-state index contributed by atoms with van der Waals surface area (Å²) in [7, 11) is 0. The minimum atomic E-state index is -0.972. The van der Waals surface area contributed by atoms with Gasteiger partial charge in [-0.05, 0) is 11.6 Å². The van der Waals surface area contributed by atoms with Gasteiger partial charge in [0.2, 0.25) is 0 Å². The fraction of sp³-hybridized carbons (Fsp3) is 0.182. The third-order valence-corrected chi connectivity index (χ3v) is 2.43. The van der Waals surface area contributed by atoms with Crippen LogP contribution in [-0.2, 0) is 11.2 Å². The number of aromatic nitrogens is 1. The van der Waals surface area contributed by atoms with Crippen LogP contribution >= 0.6 is 0 Å². The van der Waals surface area contributed by atoms with Crippen molar-refractivity contribution >= 4 is 46.4 Å². The van der Waals surface area contributed by atoms with Crippen LogP contribution in [0.3, 0.4) is 0 Å². The molecule has 1 atom stereocenters. The van der Waals surface area contributed by atoms with Crippen molar-refractivity contribution in [3.8, 4) is 0 Å². The monoisotopic (exact) mass is 318 g/mol. The van der Waals surface area contributed by atoms with Crippen LogP contribution in [0, 0.1) is 0 Å². The Balaban J connectivity index is -0.000000142. The molecule has 0 aliphatic heterocycles. The first-order chi connectivity index (χ1) is 7.18. The number of para-hydroxylation sites is 1. The topological polar surface area (TPSA) is 237 Å². The molecule has 120 valence electrons. The van der Waals surface area contributed by atoms with Gasteiger partial charge in [-0.15, -0.1) is 0 Å². The Kier molecular flexibility index (Phi) is 21.3. The zero-order valence-corrected chi connectivity index (χ0v) is 10.6. The number of rotatable bonds is 3. The molecule has 1 unspecified atom stereocenters. The van der Waals surface area contributed by atoms with Crippen LogP contribution in [0.25, 0.3) is 10.9 Å². The molecule has 0 saturated heterocycles. The maximum atomic E-state index is 10.6. The summed E-state index contributed by atoms with van der Waals surface area (Å²) in [6.45, 7) is 0. The molecule has 10 heteroatoms. The van der Waals surface area contributed by atoms with E-state index in [9.17, 15) is 4.79 Å². The summed E-state index contributed by atoms with van der Waals surface area (Å²) in [5.74, 6) is -0.972. The number of carboxylic acids is 1. The first-order valence-electron chi connectivity index (χ1n) is 4.72. The zero-order valence-electron chi connectivity index (χ0n) is 10.6. The molecular formula is C11H23N2NaO7. The van der Waals surface area contributed by atoms with Crippen molar-refractivity contribution in [3.63, 3.8) is 0 Å².